The minimum atomic E-state index is -3.77. The molecule has 2 N–H and O–H groups in total. The molecule has 27 heavy (non-hydrogen) atoms. The van der Waals surface area contributed by atoms with Crippen molar-refractivity contribution < 1.29 is 18.3 Å². The van der Waals surface area contributed by atoms with E-state index in [2.05, 4.69) is 16.5 Å². The van der Waals surface area contributed by atoms with Crippen molar-refractivity contribution in [2.45, 2.75) is 31.6 Å². The molecule has 0 aliphatic carbocycles. The van der Waals surface area contributed by atoms with Crippen LogP contribution in [-0.4, -0.2) is 32.6 Å². The number of aryl methyl sites for hydroxylation is 1. The van der Waals surface area contributed by atoms with Gasteiger partial charge in [-0.2, -0.15) is 0 Å². The second-order valence-corrected chi connectivity index (χ2v) is 8.81. The number of carboxylic acids is 1. The number of benzene rings is 2. The van der Waals surface area contributed by atoms with Gasteiger partial charge in [0.25, 0.3) is 10.0 Å². The summed E-state index contributed by atoms with van der Waals surface area (Å²) in [5, 5.41) is 9.61. The van der Waals surface area contributed by atoms with Crippen LogP contribution in [0.1, 0.15) is 35.7 Å². The van der Waals surface area contributed by atoms with E-state index in [0.717, 1.165) is 31.5 Å². The third-order valence-electron chi connectivity index (χ3n) is 4.93. The van der Waals surface area contributed by atoms with E-state index in [1.54, 1.807) is 24.3 Å². The molecular formula is C20H24N2O4S. The van der Waals surface area contributed by atoms with Gasteiger partial charge in [0, 0.05) is 18.8 Å². The van der Waals surface area contributed by atoms with Crippen LogP contribution in [0.25, 0.3) is 0 Å². The fraction of sp³-hybridized carbons (Fsp3) is 0.350. The summed E-state index contributed by atoms with van der Waals surface area (Å²) in [7, 11) is -3.77. The van der Waals surface area contributed by atoms with Crippen molar-refractivity contribution in [2.24, 2.45) is 5.92 Å². The average molecular weight is 388 g/mol. The number of carbonyl (C=O) groups is 1. The average Bonchev–Trinajstić information content (AvgIpc) is 2.62. The predicted molar refractivity (Wildman–Crippen MR) is 106 cm³/mol. The molecule has 1 saturated heterocycles. The Morgan fingerprint density at radius 2 is 1.74 bits per heavy atom. The van der Waals surface area contributed by atoms with Gasteiger partial charge in [0.1, 0.15) is 0 Å². The van der Waals surface area contributed by atoms with E-state index in [9.17, 15) is 18.3 Å². The van der Waals surface area contributed by atoms with E-state index >= 15 is 0 Å². The summed E-state index contributed by atoms with van der Waals surface area (Å²) in [4.78, 5) is 13.9. The number of hydrogen-bond donors (Lipinski definition) is 2. The van der Waals surface area contributed by atoms with E-state index in [0.29, 0.717) is 11.6 Å². The molecule has 1 aliphatic rings. The van der Waals surface area contributed by atoms with Crippen molar-refractivity contribution in [3.63, 3.8) is 0 Å². The third-order valence-corrected chi connectivity index (χ3v) is 6.33. The number of nitrogens with one attached hydrogen (secondary N) is 1. The lowest BCUT2D eigenvalue weighted by atomic mass is 9.98. The second-order valence-electron chi connectivity index (χ2n) is 7.13. The molecule has 0 radical (unpaired) electrons. The summed E-state index contributed by atoms with van der Waals surface area (Å²) in [6, 6.07) is 11.2. The minimum absolute atomic E-state index is 0.105. The number of sulfonamides is 1. The molecule has 1 heterocycles. The van der Waals surface area contributed by atoms with E-state index in [-0.39, 0.29) is 16.1 Å². The molecule has 0 amide bonds. The molecule has 0 bridgehead atoms. The van der Waals surface area contributed by atoms with Gasteiger partial charge in [-0.3, -0.25) is 4.72 Å². The smallest absolute Gasteiger partial charge is 0.337 e. The van der Waals surface area contributed by atoms with Crippen LogP contribution in [-0.2, 0) is 10.0 Å². The van der Waals surface area contributed by atoms with Crippen molar-refractivity contribution in [3.8, 4) is 0 Å². The standard InChI is InChI=1S/C20H24N2O4S/c1-14-3-6-17(7-4-14)27(25,26)21-16-5-8-19(18(13-16)20(23)24)22-11-9-15(2)10-12-22/h3-8,13,15,21H,9-12H2,1-2H3,(H,23,24). The Hall–Kier alpha value is -2.54. The largest absolute Gasteiger partial charge is 0.478 e. The van der Waals surface area contributed by atoms with Gasteiger partial charge >= 0.3 is 5.97 Å². The van der Waals surface area contributed by atoms with Crippen molar-refractivity contribution in [1.82, 2.24) is 0 Å². The van der Waals surface area contributed by atoms with E-state index in [4.69, 9.17) is 0 Å². The molecule has 1 fully saturated rings. The SMILES string of the molecule is Cc1ccc(S(=O)(=O)Nc2ccc(N3CCC(C)CC3)c(C(=O)O)c2)cc1. The number of rotatable bonds is 5. The summed E-state index contributed by atoms with van der Waals surface area (Å²) < 4.78 is 27.6. The first-order chi connectivity index (χ1) is 12.8. The zero-order valence-electron chi connectivity index (χ0n) is 15.5. The molecule has 0 unspecified atom stereocenters. The molecule has 6 nitrogen and oxygen atoms in total. The molecule has 0 spiro atoms. The number of carboxylic acid groups (broad SMARTS) is 1. The molecule has 1 aliphatic heterocycles. The highest BCUT2D eigenvalue weighted by molar-refractivity contribution is 7.92. The van der Waals surface area contributed by atoms with Gasteiger partial charge in [0.15, 0.2) is 0 Å². The number of piperidine rings is 1. The zero-order valence-corrected chi connectivity index (χ0v) is 16.3. The molecular weight excluding hydrogens is 364 g/mol. The Balaban J connectivity index is 1.87. The lowest BCUT2D eigenvalue weighted by molar-refractivity contribution is 0.0697. The van der Waals surface area contributed by atoms with Gasteiger partial charge in [-0.25, -0.2) is 13.2 Å². The molecule has 2 aromatic rings. The Morgan fingerprint density at radius 3 is 2.33 bits per heavy atom. The molecule has 0 saturated carbocycles. The molecule has 0 aromatic heterocycles. The maximum Gasteiger partial charge on any atom is 0.337 e. The van der Waals surface area contributed by atoms with Crippen LogP contribution in [0.3, 0.4) is 0 Å². The van der Waals surface area contributed by atoms with Crippen LogP contribution < -0.4 is 9.62 Å². The first kappa shape index (κ1) is 19.2. The maximum atomic E-state index is 12.5. The fourth-order valence-electron chi connectivity index (χ4n) is 3.23. The van der Waals surface area contributed by atoms with Gasteiger partial charge in [0.05, 0.1) is 16.1 Å². The fourth-order valence-corrected chi connectivity index (χ4v) is 4.28. The maximum absolute atomic E-state index is 12.5. The Morgan fingerprint density at radius 1 is 1.11 bits per heavy atom. The van der Waals surface area contributed by atoms with E-state index < -0.39 is 16.0 Å². The van der Waals surface area contributed by atoms with Crippen molar-refractivity contribution in [3.05, 3.63) is 53.6 Å². The van der Waals surface area contributed by atoms with Crippen molar-refractivity contribution in [1.29, 1.82) is 0 Å². The minimum Gasteiger partial charge on any atom is -0.478 e. The first-order valence-electron chi connectivity index (χ1n) is 8.98. The van der Waals surface area contributed by atoms with Gasteiger partial charge in [-0.15, -0.1) is 0 Å². The molecule has 7 heteroatoms. The van der Waals surface area contributed by atoms with E-state index in [1.807, 2.05) is 6.92 Å². The zero-order chi connectivity index (χ0) is 19.6. The summed E-state index contributed by atoms with van der Waals surface area (Å²) in [5.41, 5.74) is 1.94. The van der Waals surface area contributed by atoms with Crippen LogP contribution in [0.5, 0.6) is 0 Å². The summed E-state index contributed by atoms with van der Waals surface area (Å²) in [6.07, 6.45) is 2.03. The Kier molecular flexibility index (Phi) is 5.41. The Labute approximate surface area is 159 Å². The monoisotopic (exact) mass is 388 g/mol. The van der Waals surface area contributed by atoms with Gasteiger partial charge in [-0.1, -0.05) is 24.6 Å². The van der Waals surface area contributed by atoms with Gasteiger partial charge < -0.3 is 10.0 Å². The van der Waals surface area contributed by atoms with Gasteiger partial charge in [-0.05, 0) is 56.0 Å². The first-order valence-corrected chi connectivity index (χ1v) is 10.5. The topological polar surface area (TPSA) is 86.7 Å². The lowest BCUT2D eigenvalue weighted by Crippen LogP contribution is -2.33. The van der Waals surface area contributed by atoms with Crippen molar-refractivity contribution >= 4 is 27.4 Å². The molecule has 2 aromatic carbocycles. The predicted octanol–water partition coefficient (Wildman–Crippen LogP) is 3.73. The number of aromatic carboxylic acids is 1. The molecule has 3 rings (SSSR count). The number of nitrogens with zero attached hydrogens (tertiary/aromatic N) is 1. The van der Waals surface area contributed by atoms with Crippen LogP contribution >= 0.6 is 0 Å². The van der Waals surface area contributed by atoms with E-state index in [1.165, 1.54) is 18.2 Å². The van der Waals surface area contributed by atoms with Crippen LogP contribution in [0.4, 0.5) is 11.4 Å². The Bertz CT molecular complexity index is 931. The van der Waals surface area contributed by atoms with Crippen molar-refractivity contribution in [2.75, 3.05) is 22.7 Å². The molecule has 0 atom stereocenters. The summed E-state index contributed by atoms with van der Waals surface area (Å²) in [5.74, 6) is -0.435. The second kappa shape index (κ2) is 7.60. The quantitative estimate of drug-likeness (QED) is 0.815. The highest BCUT2D eigenvalue weighted by Gasteiger charge is 2.22. The van der Waals surface area contributed by atoms with Crippen LogP contribution in [0, 0.1) is 12.8 Å². The number of hydrogen-bond acceptors (Lipinski definition) is 4. The highest BCUT2D eigenvalue weighted by Crippen LogP contribution is 2.29. The van der Waals surface area contributed by atoms with Crippen LogP contribution in [0.2, 0.25) is 0 Å². The number of anilines is 2. The lowest BCUT2D eigenvalue weighted by Gasteiger charge is -2.33. The summed E-state index contributed by atoms with van der Waals surface area (Å²) >= 11 is 0. The summed E-state index contributed by atoms with van der Waals surface area (Å²) in [6.45, 7) is 5.67. The third kappa shape index (κ3) is 4.42. The normalized spacial score (nSPS) is 15.6. The van der Waals surface area contributed by atoms with Crippen LogP contribution in [0.15, 0.2) is 47.4 Å². The highest BCUT2D eigenvalue weighted by atomic mass is 32.2. The van der Waals surface area contributed by atoms with Gasteiger partial charge in [0.2, 0.25) is 0 Å². The molecule has 144 valence electrons.